The summed E-state index contributed by atoms with van der Waals surface area (Å²) in [5, 5.41) is 4.38. The standard InChI is InChI=1S/C16H16N2O3S/c17-16(21)15(11-5-2-1-3-6-11)18-14(20)9-8-12(19)13-7-4-10-22-13/h1-7,10,15H,8-9H2,(H2,17,21)(H,18,20). The number of nitrogens with one attached hydrogen (secondary N) is 1. The molecule has 0 aliphatic rings. The van der Waals surface area contributed by atoms with E-state index in [1.165, 1.54) is 11.3 Å². The molecule has 2 rings (SSSR count). The summed E-state index contributed by atoms with van der Waals surface area (Å²) in [6.07, 6.45) is 0.125. The van der Waals surface area contributed by atoms with Crippen LogP contribution in [0.3, 0.4) is 0 Å². The van der Waals surface area contributed by atoms with E-state index in [1.807, 2.05) is 11.4 Å². The zero-order valence-electron chi connectivity index (χ0n) is 11.8. The van der Waals surface area contributed by atoms with E-state index in [4.69, 9.17) is 5.73 Å². The summed E-state index contributed by atoms with van der Waals surface area (Å²) in [6, 6.07) is 11.4. The van der Waals surface area contributed by atoms with E-state index in [0.717, 1.165) is 0 Å². The van der Waals surface area contributed by atoms with Crippen molar-refractivity contribution in [3.63, 3.8) is 0 Å². The molecule has 6 heteroatoms. The van der Waals surface area contributed by atoms with Crippen LogP contribution >= 0.6 is 11.3 Å². The van der Waals surface area contributed by atoms with Crippen LogP contribution < -0.4 is 11.1 Å². The van der Waals surface area contributed by atoms with Crippen LogP contribution in [0.2, 0.25) is 0 Å². The van der Waals surface area contributed by atoms with Crippen LogP contribution in [-0.4, -0.2) is 17.6 Å². The quantitative estimate of drug-likeness (QED) is 0.766. The number of rotatable bonds is 7. The highest BCUT2D eigenvalue weighted by Crippen LogP contribution is 2.14. The molecule has 0 aliphatic heterocycles. The molecule has 2 aromatic rings. The maximum Gasteiger partial charge on any atom is 0.244 e. The van der Waals surface area contributed by atoms with E-state index >= 15 is 0 Å². The second-order valence-electron chi connectivity index (χ2n) is 4.71. The molecule has 0 aliphatic carbocycles. The molecule has 1 aromatic heterocycles. The molecular formula is C16H16N2O3S. The number of thiophene rings is 1. The second-order valence-corrected chi connectivity index (χ2v) is 5.66. The Morgan fingerprint density at radius 1 is 1.05 bits per heavy atom. The van der Waals surface area contributed by atoms with E-state index < -0.39 is 11.9 Å². The predicted molar refractivity (Wildman–Crippen MR) is 84.4 cm³/mol. The van der Waals surface area contributed by atoms with Gasteiger partial charge < -0.3 is 11.1 Å². The van der Waals surface area contributed by atoms with Gasteiger partial charge in [0.1, 0.15) is 6.04 Å². The van der Waals surface area contributed by atoms with Crippen molar-refractivity contribution in [2.45, 2.75) is 18.9 Å². The van der Waals surface area contributed by atoms with Crippen LogP contribution in [0.15, 0.2) is 47.8 Å². The van der Waals surface area contributed by atoms with Gasteiger partial charge >= 0.3 is 0 Å². The smallest absolute Gasteiger partial charge is 0.244 e. The Kier molecular flexibility index (Phi) is 5.43. The number of nitrogens with two attached hydrogens (primary N) is 1. The molecule has 22 heavy (non-hydrogen) atoms. The van der Waals surface area contributed by atoms with Gasteiger partial charge in [-0.2, -0.15) is 0 Å². The summed E-state index contributed by atoms with van der Waals surface area (Å²) < 4.78 is 0. The van der Waals surface area contributed by atoms with Crippen LogP contribution in [0.25, 0.3) is 0 Å². The van der Waals surface area contributed by atoms with E-state index in [1.54, 1.807) is 36.4 Å². The first-order valence-electron chi connectivity index (χ1n) is 6.78. The first kappa shape index (κ1) is 15.9. The van der Waals surface area contributed by atoms with Crippen molar-refractivity contribution < 1.29 is 14.4 Å². The Bertz CT molecular complexity index is 653. The van der Waals surface area contributed by atoms with E-state index in [2.05, 4.69) is 5.32 Å². The molecule has 0 spiro atoms. The molecule has 0 saturated heterocycles. The highest BCUT2D eigenvalue weighted by Gasteiger charge is 2.20. The lowest BCUT2D eigenvalue weighted by atomic mass is 10.1. The molecule has 0 radical (unpaired) electrons. The molecule has 114 valence electrons. The van der Waals surface area contributed by atoms with Crippen LogP contribution in [-0.2, 0) is 9.59 Å². The number of primary amides is 1. The summed E-state index contributed by atoms with van der Waals surface area (Å²) >= 11 is 1.34. The fourth-order valence-corrected chi connectivity index (χ4v) is 2.68. The first-order valence-corrected chi connectivity index (χ1v) is 7.66. The Morgan fingerprint density at radius 3 is 2.36 bits per heavy atom. The molecule has 1 aromatic carbocycles. The molecule has 0 bridgehead atoms. The fourth-order valence-electron chi connectivity index (χ4n) is 1.98. The van der Waals surface area contributed by atoms with Crippen LogP contribution in [0.1, 0.15) is 34.1 Å². The molecular weight excluding hydrogens is 300 g/mol. The van der Waals surface area contributed by atoms with E-state index in [9.17, 15) is 14.4 Å². The number of amides is 2. The van der Waals surface area contributed by atoms with Gasteiger partial charge in [0.05, 0.1) is 4.88 Å². The lowest BCUT2D eigenvalue weighted by Crippen LogP contribution is -2.37. The van der Waals surface area contributed by atoms with Crippen molar-refractivity contribution in [2.75, 3.05) is 0 Å². The summed E-state index contributed by atoms with van der Waals surface area (Å²) in [4.78, 5) is 35.9. The fraction of sp³-hybridized carbons (Fsp3) is 0.188. The monoisotopic (exact) mass is 316 g/mol. The average molecular weight is 316 g/mol. The summed E-state index contributed by atoms with van der Waals surface area (Å²) in [6.45, 7) is 0. The topological polar surface area (TPSA) is 89.3 Å². The number of carbonyl (C=O) groups excluding carboxylic acids is 3. The van der Waals surface area contributed by atoms with Gasteiger partial charge in [-0.05, 0) is 17.0 Å². The molecule has 3 N–H and O–H groups in total. The Hall–Kier alpha value is -2.47. The molecule has 0 fully saturated rings. The number of hydrogen-bond acceptors (Lipinski definition) is 4. The van der Waals surface area contributed by atoms with Crippen molar-refractivity contribution in [3.8, 4) is 0 Å². The Labute approximate surface area is 132 Å². The number of hydrogen-bond donors (Lipinski definition) is 2. The minimum Gasteiger partial charge on any atom is -0.368 e. The third-order valence-corrected chi connectivity index (χ3v) is 4.01. The van der Waals surface area contributed by atoms with Gasteiger partial charge in [-0.3, -0.25) is 14.4 Å². The molecule has 2 amide bonds. The predicted octanol–water partition coefficient (Wildman–Crippen LogP) is 2.05. The van der Waals surface area contributed by atoms with Crippen LogP contribution in [0.5, 0.6) is 0 Å². The van der Waals surface area contributed by atoms with Gasteiger partial charge in [0.25, 0.3) is 0 Å². The normalized spacial score (nSPS) is 11.6. The van der Waals surface area contributed by atoms with Gasteiger partial charge in [-0.25, -0.2) is 0 Å². The lowest BCUT2D eigenvalue weighted by Gasteiger charge is -2.15. The van der Waals surface area contributed by atoms with Gasteiger partial charge in [-0.15, -0.1) is 11.3 Å². The van der Waals surface area contributed by atoms with Gasteiger partial charge in [-0.1, -0.05) is 36.4 Å². The highest BCUT2D eigenvalue weighted by atomic mass is 32.1. The number of benzene rings is 1. The highest BCUT2D eigenvalue weighted by molar-refractivity contribution is 7.12. The van der Waals surface area contributed by atoms with Gasteiger partial charge in [0.2, 0.25) is 11.8 Å². The third-order valence-electron chi connectivity index (χ3n) is 3.10. The zero-order chi connectivity index (χ0) is 15.9. The molecule has 1 unspecified atom stereocenters. The minimum absolute atomic E-state index is 0.0212. The number of ketones is 1. The SMILES string of the molecule is NC(=O)C(NC(=O)CCC(=O)c1cccs1)c1ccccc1. The van der Waals surface area contributed by atoms with Crippen LogP contribution in [0.4, 0.5) is 0 Å². The maximum atomic E-state index is 11.9. The zero-order valence-corrected chi connectivity index (χ0v) is 12.6. The summed E-state index contributed by atoms with van der Waals surface area (Å²) in [5.41, 5.74) is 5.95. The molecule has 1 heterocycles. The largest absolute Gasteiger partial charge is 0.368 e. The summed E-state index contributed by atoms with van der Waals surface area (Å²) in [5.74, 6) is -1.10. The lowest BCUT2D eigenvalue weighted by molar-refractivity contribution is -0.127. The number of carbonyl (C=O) groups is 3. The maximum absolute atomic E-state index is 11.9. The van der Waals surface area contributed by atoms with Crippen molar-refractivity contribution >= 4 is 28.9 Å². The molecule has 0 saturated carbocycles. The first-order chi connectivity index (χ1) is 10.6. The van der Waals surface area contributed by atoms with Crippen molar-refractivity contribution in [3.05, 3.63) is 58.3 Å². The molecule has 1 atom stereocenters. The number of Topliss-reactive ketones (excluding diaryl/α,β-unsaturated/α-hetero) is 1. The van der Waals surface area contributed by atoms with Crippen LogP contribution in [0, 0.1) is 0 Å². The van der Waals surface area contributed by atoms with Gasteiger partial charge in [0, 0.05) is 12.8 Å². The summed E-state index contributed by atoms with van der Waals surface area (Å²) in [7, 11) is 0. The Morgan fingerprint density at radius 2 is 1.77 bits per heavy atom. The van der Waals surface area contributed by atoms with E-state index in [-0.39, 0.29) is 24.5 Å². The van der Waals surface area contributed by atoms with Crippen molar-refractivity contribution in [1.82, 2.24) is 5.32 Å². The Balaban J connectivity index is 1.92. The van der Waals surface area contributed by atoms with E-state index in [0.29, 0.717) is 10.4 Å². The van der Waals surface area contributed by atoms with Crippen molar-refractivity contribution in [2.24, 2.45) is 5.73 Å². The van der Waals surface area contributed by atoms with Crippen molar-refractivity contribution in [1.29, 1.82) is 0 Å². The molecule has 5 nitrogen and oxygen atoms in total. The minimum atomic E-state index is -0.884. The van der Waals surface area contributed by atoms with Gasteiger partial charge in [0.15, 0.2) is 5.78 Å². The second kappa shape index (κ2) is 7.51. The third kappa shape index (κ3) is 4.26. The average Bonchev–Trinajstić information content (AvgIpc) is 3.05.